The number of hydrogen-bond donors (Lipinski definition) is 1. The Kier molecular flexibility index (Phi) is 9.53. The number of benzene rings is 1. The van der Waals surface area contributed by atoms with Crippen molar-refractivity contribution in [3.8, 4) is 5.75 Å². The Morgan fingerprint density at radius 2 is 2.03 bits per heavy atom. The number of thiophene rings is 1. The summed E-state index contributed by atoms with van der Waals surface area (Å²) in [6.07, 6.45) is 2.05. The van der Waals surface area contributed by atoms with Gasteiger partial charge in [0.2, 0.25) is 5.91 Å². The van der Waals surface area contributed by atoms with Crippen LogP contribution in [0.2, 0.25) is 0 Å². The van der Waals surface area contributed by atoms with Crippen molar-refractivity contribution in [2.24, 2.45) is 0 Å². The number of ether oxygens (including phenoxy) is 2. The first-order valence-electron chi connectivity index (χ1n) is 10.9. The van der Waals surface area contributed by atoms with Gasteiger partial charge in [-0.1, -0.05) is 40.7 Å². The van der Waals surface area contributed by atoms with E-state index >= 15 is 0 Å². The summed E-state index contributed by atoms with van der Waals surface area (Å²) in [4.78, 5) is 26.0. The number of hydrogen-bond acceptors (Lipinski definition) is 8. The number of allylic oxidation sites excluding steroid dienone is 1. The van der Waals surface area contributed by atoms with E-state index in [2.05, 4.69) is 38.0 Å². The van der Waals surface area contributed by atoms with E-state index in [0.29, 0.717) is 40.3 Å². The lowest BCUT2D eigenvalue weighted by atomic mass is 10.1. The number of carbonyl (C=O) groups is 2. The maximum Gasteiger partial charge on any atom is 0.341 e. The highest BCUT2D eigenvalue weighted by molar-refractivity contribution is 9.10. The highest BCUT2D eigenvalue weighted by Gasteiger charge is 2.24. The molecule has 2 heterocycles. The van der Waals surface area contributed by atoms with Gasteiger partial charge in [-0.2, -0.15) is 0 Å². The number of nitrogens with one attached hydrogen (secondary N) is 1. The van der Waals surface area contributed by atoms with Crippen LogP contribution in [-0.2, 0) is 22.5 Å². The molecule has 3 rings (SSSR count). The molecule has 0 radical (unpaired) electrons. The van der Waals surface area contributed by atoms with Gasteiger partial charge in [0.25, 0.3) is 0 Å². The Bertz CT molecular complexity index is 1210. The third kappa shape index (κ3) is 6.53. The lowest BCUT2D eigenvalue weighted by Crippen LogP contribution is -2.17. The van der Waals surface area contributed by atoms with E-state index in [4.69, 9.17) is 9.47 Å². The minimum Gasteiger partial charge on any atom is -0.483 e. The predicted octanol–water partition coefficient (Wildman–Crippen LogP) is 5.82. The van der Waals surface area contributed by atoms with Crippen LogP contribution in [0.15, 0.2) is 46.5 Å². The molecule has 1 N–H and O–H groups in total. The van der Waals surface area contributed by atoms with Crippen LogP contribution in [0.4, 0.5) is 5.00 Å². The quantitative estimate of drug-likeness (QED) is 0.174. The van der Waals surface area contributed by atoms with Gasteiger partial charge >= 0.3 is 5.97 Å². The first-order valence-corrected chi connectivity index (χ1v) is 13.5. The summed E-state index contributed by atoms with van der Waals surface area (Å²) in [6.45, 7) is 10.1. The summed E-state index contributed by atoms with van der Waals surface area (Å²) in [5, 5.41) is 12.5. The van der Waals surface area contributed by atoms with Gasteiger partial charge in [-0.3, -0.25) is 9.36 Å². The van der Waals surface area contributed by atoms with E-state index in [0.717, 1.165) is 14.9 Å². The van der Waals surface area contributed by atoms with Crippen LogP contribution in [0, 0.1) is 6.92 Å². The van der Waals surface area contributed by atoms with Crippen molar-refractivity contribution in [3.63, 3.8) is 0 Å². The molecule has 186 valence electrons. The van der Waals surface area contributed by atoms with Gasteiger partial charge in [-0.15, -0.1) is 28.1 Å². The van der Waals surface area contributed by atoms with E-state index in [1.54, 1.807) is 6.08 Å². The highest BCUT2D eigenvalue weighted by Crippen LogP contribution is 2.34. The summed E-state index contributed by atoms with van der Waals surface area (Å²) < 4.78 is 13.8. The summed E-state index contributed by atoms with van der Waals surface area (Å²) in [5.41, 5.74) is 1.31. The van der Waals surface area contributed by atoms with E-state index in [1.807, 2.05) is 49.6 Å². The molecular formula is C24H27BrN4O4S2. The van der Waals surface area contributed by atoms with Crippen LogP contribution in [0.25, 0.3) is 0 Å². The molecule has 0 saturated carbocycles. The fourth-order valence-electron chi connectivity index (χ4n) is 3.48. The smallest absolute Gasteiger partial charge is 0.341 e. The molecule has 1 aromatic carbocycles. The van der Waals surface area contributed by atoms with Crippen LogP contribution in [0.1, 0.15) is 46.6 Å². The van der Waals surface area contributed by atoms with Crippen molar-refractivity contribution in [2.45, 2.75) is 45.0 Å². The maximum atomic E-state index is 12.8. The van der Waals surface area contributed by atoms with E-state index < -0.39 is 5.97 Å². The van der Waals surface area contributed by atoms with E-state index in [1.165, 1.54) is 30.2 Å². The van der Waals surface area contributed by atoms with Gasteiger partial charge < -0.3 is 14.8 Å². The zero-order chi connectivity index (χ0) is 25.5. The number of carbonyl (C=O) groups excluding carboxylic acids is 2. The standard InChI is InChI=1S/C24H27BrN4O4S2/c1-6-12-29-21(14(3)33-17-10-8-16(25)9-11-17)27-28-24(29)34-13-19(30)26-22-20(23(31)32-5)18(7-2)15(4)35-22/h6,8-11,14H,1,7,12-13H2,2-5H3,(H,26,30). The Hall–Kier alpha value is -2.63. The highest BCUT2D eigenvalue weighted by atomic mass is 79.9. The van der Waals surface area contributed by atoms with Crippen LogP contribution in [-0.4, -0.2) is 39.5 Å². The molecule has 1 unspecified atom stereocenters. The third-order valence-corrected chi connectivity index (χ3v) is 7.64. The number of amides is 1. The molecule has 35 heavy (non-hydrogen) atoms. The molecule has 0 fully saturated rings. The topological polar surface area (TPSA) is 95.3 Å². The zero-order valence-corrected chi connectivity index (χ0v) is 23.2. The molecule has 0 saturated heterocycles. The van der Waals surface area contributed by atoms with Crippen molar-refractivity contribution in [1.82, 2.24) is 14.8 Å². The van der Waals surface area contributed by atoms with Crippen molar-refractivity contribution in [3.05, 3.63) is 63.2 Å². The Morgan fingerprint density at radius 3 is 2.66 bits per heavy atom. The minimum atomic E-state index is -0.454. The fourth-order valence-corrected chi connectivity index (χ4v) is 5.65. The van der Waals surface area contributed by atoms with Gasteiger partial charge in [-0.25, -0.2) is 4.79 Å². The Balaban J connectivity index is 1.71. The largest absolute Gasteiger partial charge is 0.483 e. The summed E-state index contributed by atoms with van der Waals surface area (Å²) in [5.74, 6) is 0.727. The lowest BCUT2D eigenvalue weighted by Gasteiger charge is -2.15. The first kappa shape index (κ1) is 27.0. The molecule has 2 aromatic heterocycles. The number of aromatic nitrogens is 3. The Morgan fingerprint density at radius 1 is 1.31 bits per heavy atom. The SMILES string of the molecule is C=CCn1c(SCC(=O)Nc2sc(C)c(CC)c2C(=O)OC)nnc1C(C)Oc1ccc(Br)cc1. The fraction of sp³-hybridized carbons (Fsp3) is 0.333. The second-order valence-electron chi connectivity index (χ2n) is 7.48. The molecule has 0 aliphatic rings. The average Bonchev–Trinajstić information content (AvgIpc) is 3.38. The predicted molar refractivity (Wildman–Crippen MR) is 143 cm³/mol. The molecule has 8 nitrogen and oxygen atoms in total. The monoisotopic (exact) mass is 578 g/mol. The second kappa shape index (κ2) is 12.4. The minimum absolute atomic E-state index is 0.0935. The molecule has 0 bridgehead atoms. The van der Waals surface area contributed by atoms with Crippen molar-refractivity contribution < 1.29 is 19.1 Å². The van der Waals surface area contributed by atoms with Gasteiger partial charge in [0.1, 0.15) is 10.8 Å². The number of methoxy groups -OCH3 is 1. The summed E-state index contributed by atoms with van der Waals surface area (Å²) in [7, 11) is 1.34. The van der Waals surface area contributed by atoms with Crippen molar-refractivity contribution in [1.29, 1.82) is 0 Å². The second-order valence-corrected chi connectivity index (χ2v) is 10.6. The van der Waals surface area contributed by atoms with E-state index in [-0.39, 0.29) is 17.8 Å². The first-order chi connectivity index (χ1) is 16.8. The average molecular weight is 580 g/mol. The maximum absolute atomic E-state index is 12.8. The molecule has 11 heteroatoms. The van der Waals surface area contributed by atoms with E-state index in [9.17, 15) is 9.59 Å². The number of thioether (sulfide) groups is 1. The number of halogens is 1. The molecule has 1 amide bonds. The lowest BCUT2D eigenvalue weighted by molar-refractivity contribution is -0.113. The molecule has 3 aromatic rings. The molecule has 0 spiro atoms. The molecule has 0 aliphatic heterocycles. The van der Waals surface area contributed by atoms with Gasteiger partial charge in [-0.05, 0) is 50.1 Å². The van der Waals surface area contributed by atoms with Crippen molar-refractivity contribution in [2.75, 3.05) is 18.2 Å². The van der Waals surface area contributed by atoms with Crippen LogP contribution in [0.5, 0.6) is 5.75 Å². The zero-order valence-electron chi connectivity index (χ0n) is 20.0. The van der Waals surface area contributed by atoms with Crippen LogP contribution < -0.4 is 10.1 Å². The number of nitrogens with zero attached hydrogens (tertiary/aromatic N) is 3. The number of aryl methyl sites for hydroxylation is 1. The normalized spacial score (nSPS) is 11.7. The van der Waals surface area contributed by atoms with Crippen LogP contribution >= 0.6 is 39.0 Å². The van der Waals surface area contributed by atoms with Gasteiger partial charge in [0.15, 0.2) is 17.1 Å². The summed E-state index contributed by atoms with van der Waals surface area (Å²) in [6, 6.07) is 7.54. The number of rotatable bonds is 11. The number of esters is 1. The van der Waals surface area contributed by atoms with Gasteiger partial charge in [0.05, 0.1) is 18.4 Å². The van der Waals surface area contributed by atoms with Crippen molar-refractivity contribution >= 4 is 55.9 Å². The number of anilines is 1. The summed E-state index contributed by atoms with van der Waals surface area (Å²) >= 11 is 6.04. The van der Waals surface area contributed by atoms with Crippen LogP contribution in [0.3, 0.4) is 0 Å². The molecular weight excluding hydrogens is 552 g/mol. The molecule has 1 atom stereocenters. The Labute approximate surface area is 221 Å². The third-order valence-electron chi connectivity index (χ3n) is 5.08. The van der Waals surface area contributed by atoms with Gasteiger partial charge in [0, 0.05) is 15.9 Å². The molecule has 0 aliphatic carbocycles.